The van der Waals surface area contributed by atoms with Crippen molar-refractivity contribution in [3.8, 4) is 0 Å². The highest BCUT2D eigenvalue weighted by atomic mass is 79.9. The normalized spacial score (nSPS) is 25.1. The fourth-order valence-corrected chi connectivity index (χ4v) is 2.36. The zero-order valence-corrected chi connectivity index (χ0v) is 11.7. The molecule has 2 unspecified atom stereocenters. The Morgan fingerprint density at radius 2 is 2.47 bits per heavy atom. The molecular weight excluding hydrogens is 310 g/mol. The minimum absolute atomic E-state index is 0.0584. The van der Waals surface area contributed by atoms with Gasteiger partial charge in [-0.2, -0.15) is 0 Å². The Hall–Kier alpha value is -0.390. The zero-order chi connectivity index (χ0) is 12.4. The SMILES string of the molecule is CC1COC(CBr)CN1c1ncc(Cl)cc1F. The molecule has 0 N–H and O–H groups in total. The summed E-state index contributed by atoms with van der Waals surface area (Å²) in [5.41, 5.74) is 0. The van der Waals surface area contributed by atoms with Crippen LogP contribution in [0, 0.1) is 5.82 Å². The molecule has 2 heterocycles. The number of morpholine rings is 1. The average molecular weight is 324 g/mol. The fourth-order valence-electron chi connectivity index (χ4n) is 1.82. The number of halogens is 3. The molecule has 3 nitrogen and oxygen atoms in total. The van der Waals surface area contributed by atoms with Gasteiger partial charge in [0.15, 0.2) is 11.6 Å². The van der Waals surface area contributed by atoms with Gasteiger partial charge in [0.2, 0.25) is 0 Å². The predicted octanol–water partition coefficient (Wildman–Crippen LogP) is 2.86. The monoisotopic (exact) mass is 322 g/mol. The molecule has 0 bridgehead atoms. The van der Waals surface area contributed by atoms with Crippen LogP contribution in [-0.4, -0.2) is 35.6 Å². The van der Waals surface area contributed by atoms with E-state index in [1.807, 2.05) is 11.8 Å². The van der Waals surface area contributed by atoms with Gasteiger partial charge in [-0.1, -0.05) is 27.5 Å². The molecule has 0 radical (unpaired) electrons. The summed E-state index contributed by atoms with van der Waals surface area (Å²) in [6, 6.07) is 1.39. The van der Waals surface area contributed by atoms with Crippen molar-refractivity contribution >= 4 is 33.3 Å². The molecule has 0 aliphatic carbocycles. The van der Waals surface area contributed by atoms with Gasteiger partial charge in [-0.05, 0) is 13.0 Å². The number of anilines is 1. The first-order valence-electron chi connectivity index (χ1n) is 5.37. The lowest BCUT2D eigenvalue weighted by Gasteiger charge is -2.38. The van der Waals surface area contributed by atoms with Gasteiger partial charge in [0.25, 0.3) is 0 Å². The number of ether oxygens (including phenoxy) is 1. The van der Waals surface area contributed by atoms with Crippen LogP contribution in [0.5, 0.6) is 0 Å². The molecular formula is C11H13BrClFN2O. The maximum atomic E-state index is 13.8. The quantitative estimate of drug-likeness (QED) is 0.783. The molecule has 1 aliphatic heterocycles. The van der Waals surface area contributed by atoms with Crippen molar-refractivity contribution in [3.05, 3.63) is 23.1 Å². The highest BCUT2D eigenvalue weighted by molar-refractivity contribution is 9.09. The first-order chi connectivity index (χ1) is 8.11. The first kappa shape index (κ1) is 13.1. The smallest absolute Gasteiger partial charge is 0.167 e. The van der Waals surface area contributed by atoms with Crippen LogP contribution in [0.4, 0.5) is 10.2 Å². The van der Waals surface area contributed by atoms with Crippen LogP contribution >= 0.6 is 27.5 Å². The second kappa shape index (κ2) is 5.50. The van der Waals surface area contributed by atoms with Gasteiger partial charge >= 0.3 is 0 Å². The number of nitrogens with zero attached hydrogens (tertiary/aromatic N) is 2. The minimum Gasteiger partial charge on any atom is -0.373 e. The van der Waals surface area contributed by atoms with Gasteiger partial charge in [0, 0.05) is 18.1 Å². The Morgan fingerprint density at radius 3 is 3.12 bits per heavy atom. The average Bonchev–Trinajstić information content (AvgIpc) is 2.30. The lowest BCUT2D eigenvalue weighted by molar-refractivity contribution is 0.0373. The molecule has 1 saturated heterocycles. The molecule has 17 heavy (non-hydrogen) atoms. The lowest BCUT2D eigenvalue weighted by atomic mass is 10.2. The second-order valence-electron chi connectivity index (χ2n) is 4.07. The summed E-state index contributed by atoms with van der Waals surface area (Å²) >= 11 is 9.07. The fraction of sp³-hybridized carbons (Fsp3) is 0.545. The van der Waals surface area contributed by atoms with E-state index >= 15 is 0 Å². The van der Waals surface area contributed by atoms with E-state index in [1.165, 1.54) is 12.3 Å². The van der Waals surface area contributed by atoms with E-state index in [4.69, 9.17) is 16.3 Å². The Balaban J connectivity index is 2.24. The summed E-state index contributed by atoms with van der Waals surface area (Å²) in [5, 5.41) is 1.04. The lowest BCUT2D eigenvalue weighted by Crippen LogP contribution is -2.49. The number of hydrogen-bond donors (Lipinski definition) is 0. The van der Waals surface area contributed by atoms with E-state index in [2.05, 4.69) is 20.9 Å². The van der Waals surface area contributed by atoms with E-state index in [0.29, 0.717) is 24.0 Å². The van der Waals surface area contributed by atoms with E-state index < -0.39 is 0 Å². The highest BCUT2D eigenvalue weighted by Crippen LogP contribution is 2.24. The number of alkyl halides is 1. The molecule has 2 atom stereocenters. The number of rotatable bonds is 2. The molecule has 2 rings (SSSR count). The Kier molecular flexibility index (Phi) is 4.22. The van der Waals surface area contributed by atoms with Crippen LogP contribution in [0.25, 0.3) is 0 Å². The van der Waals surface area contributed by atoms with E-state index in [9.17, 15) is 4.39 Å². The largest absolute Gasteiger partial charge is 0.373 e. The van der Waals surface area contributed by atoms with Gasteiger partial charge in [-0.3, -0.25) is 0 Å². The third kappa shape index (κ3) is 2.89. The molecule has 1 aromatic heterocycles. The maximum Gasteiger partial charge on any atom is 0.167 e. The van der Waals surface area contributed by atoms with Gasteiger partial charge < -0.3 is 9.64 Å². The van der Waals surface area contributed by atoms with Gasteiger partial charge in [-0.25, -0.2) is 9.37 Å². The van der Waals surface area contributed by atoms with Crippen molar-refractivity contribution in [1.29, 1.82) is 0 Å². The van der Waals surface area contributed by atoms with E-state index in [-0.39, 0.29) is 18.0 Å². The summed E-state index contributed by atoms with van der Waals surface area (Å²) in [7, 11) is 0. The molecule has 0 saturated carbocycles. The predicted molar refractivity (Wildman–Crippen MR) is 69.5 cm³/mol. The number of pyridine rings is 1. The molecule has 0 aromatic carbocycles. The van der Waals surface area contributed by atoms with Gasteiger partial charge in [-0.15, -0.1) is 0 Å². The van der Waals surface area contributed by atoms with E-state index in [0.717, 1.165) is 5.33 Å². The first-order valence-corrected chi connectivity index (χ1v) is 6.87. The second-order valence-corrected chi connectivity index (χ2v) is 5.15. The summed E-state index contributed by atoms with van der Waals surface area (Å²) in [6.45, 7) is 3.18. The van der Waals surface area contributed by atoms with Crippen molar-refractivity contribution in [1.82, 2.24) is 4.98 Å². The van der Waals surface area contributed by atoms with Crippen molar-refractivity contribution in [2.75, 3.05) is 23.4 Å². The summed E-state index contributed by atoms with van der Waals surface area (Å²) in [5.74, 6) is -0.0456. The van der Waals surface area contributed by atoms with Gasteiger partial charge in [0.05, 0.1) is 23.8 Å². The minimum atomic E-state index is -0.389. The van der Waals surface area contributed by atoms with Crippen molar-refractivity contribution in [2.45, 2.75) is 19.1 Å². The molecule has 1 fully saturated rings. The molecule has 1 aliphatic rings. The summed E-state index contributed by atoms with van der Waals surface area (Å²) in [4.78, 5) is 5.99. The van der Waals surface area contributed by atoms with Crippen LogP contribution in [0.3, 0.4) is 0 Å². The maximum absolute atomic E-state index is 13.8. The summed E-state index contributed by atoms with van der Waals surface area (Å²) in [6.07, 6.45) is 1.52. The Morgan fingerprint density at radius 1 is 1.71 bits per heavy atom. The number of aromatic nitrogens is 1. The molecule has 0 amide bonds. The summed E-state index contributed by atoms with van der Waals surface area (Å²) < 4.78 is 19.4. The molecule has 94 valence electrons. The van der Waals surface area contributed by atoms with Crippen molar-refractivity contribution < 1.29 is 9.13 Å². The number of hydrogen-bond acceptors (Lipinski definition) is 3. The molecule has 6 heteroatoms. The molecule has 0 spiro atoms. The van der Waals surface area contributed by atoms with Crippen molar-refractivity contribution in [3.63, 3.8) is 0 Å². The van der Waals surface area contributed by atoms with Crippen LogP contribution in [0.2, 0.25) is 5.02 Å². The zero-order valence-electron chi connectivity index (χ0n) is 9.37. The third-order valence-corrected chi connectivity index (χ3v) is 3.67. The standard InChI is InChI=1S/C11H13BrClFN2O/c1-7-6-17-9(3-12)5-16(7)11-10(14)2-8(13)4-15-11/h2,4,7,9H,3,5-6H2,1H3. The van der Waals surface area contributed by atoms with Gasteiger partial charge in [0.1, 0.15) is 0 Å². The van der Waals surface area contributed by atoms with Crippen molar-refractivity contribution in [2.24, 2.45) is 0 Å². The Labute approximate surface area is 113 Å². The van der Waals surface area contributed by atoms with E-state index in [1.54, 1.807) is 0 Å². The van der Waals surface area contributed by atoms with Crippen LogP contribution in [-0.2, 0) is 4.74 Å². The Bertz CT molecular complexity index is 407. The molecule has 1 aromatic rings. The van der Waals surface area contributed by atoms with Crippen LogP contribution in [0.1, 0.15) is 6.92 Å². The third-order valence-electron chi connectivity index (χ3n) is 2.74. The topological polar surface area (TPSA) is 25.4 Å². The van der Waals surface area contributed by atoms with Crippen LogP contribution in [0.15, 0.2) is 12.3 Å². The highest BCUT2D eigenvalue weighted by Gasteiger charge is 2.28. The van der Waals surface area contributed by atoms with Crippen LogP contribution < -0.4 is 4.90 Å².